The topological polar surface area (TPSA) is 34.8 Å². The Balaban J connectivity index is 1.44. The van der Waals surface area contributed by atoms with E-state index < -0.39 is 0 Å². The molecule has 0 bridgehead atoms. The highest BCUT2D eigenvalue weighted by Crippen LogP contribution is 2.60. The lowest BCUT2D eigenvalue weighted by molar-refractivity contribution is 0.383. The summed E-state index contributed by atoms with van der Waals surface area (Å²) in [6.07, 6.45) is 4.80. The zero-order valence-electron chi connectivity index (χ0n) is 22.8. The van der Waals surface area contributed by atoms with Crippen LogP contribution in [0.3, 0.4) is 0 Å². The Morgan fingerprint density at radius 1 is 0.634 bits per heavy atom. The van der Waals surface area contributed by atoms with Gasteiger partial charge in [0.2, 0.25) is 0 Å². The minimum absolute atomic E-state index is 0.104. The van der Waals surface area contributed by atoms with E-state index in [4.69, 9.17) is 0 Å². The normalized spacial score (nSPS) is 21.2. The largest absolute Gasteiger partial charge is 0.358 e. The molecule has 41 heavy (non-hydrogen) atoms. The number of rotatable bonds is 2. The summed E-state index contributed by atoms with van der Waals surface area (Å²) < 4.78 is 0. The van der Waals surface area contributed by atoms with Crippen LogP contribution in [0.25, 0.3) is 38.8 Å². The number of para-hydroxylation sites is 3. The van der Waals surface area contributed by atoms with Crippen LogP contribution in [-0.2, 0) is 5.41 Å². The Hall–Kier alpha value is -5.02. The van der Waals surface area contributed by atoms with Gasteiger partial charge in [0.25, 0.3) is 0 Å². The van der Waals surface area contributed by atoms with Gasteiger partial charge in [0, 0.05) is 55.5 Å². The second-order valence-corrected chi connectivity index (χ2v) is 11.7. The average Bonchev–Trinajstić information content (AvgIpc) is 3.60. The Labute approximate surface area is 238 Å². The summed E-state index contributed by atoms with van der Waals surface area (Å²) in [6.45, 7) is 2.46. The number of aromatic nitrogens is 2. The number of aromatic amines is 2. The lowest BCUT2D eigenvalue weighted by atomic mass is 9.59. The highest BCUT2D eigenvalue weighted by molar-refractivity contribution is 6.13. The van der Waals surface area contributed by atoms with Gasteiger partial charge in [-0.1, -0.05) is 116 Å². The summed E-state index contributed by atoms with van der Waals surface area (Å²) in [5, 5.41) is 3.81. The molecule has 7 aromatic rings. The molecule has 3 atom stereocenters. The minimum Gasteiger partial charge on any atom is -0.358 e. The molecule has 196 valence electrons. The fourth-order valence-corrected chi connectivity index (χ4v) is 7.85. The fraction of sp³-hybridized carbons (Fsp3) is 0.105. The van der Waals surface area contributed by atoms with Crippen LogP contribution < -0.4 is 4.90 Å². The molecule has 0 fully saturated rings. The Morgan fingerprint density at radius 2 is 1.29 bits per heavy atom. The highest BCUT2D eigenvalue weighted by atomic mass is 15.2. The summed E-state index contributed by atoms with van der Waals surface area (Å²) in [7, 11) is 0. The van der Waals surface area contributed by atoms with Crippen LogP contribution in [0.4, 0.5) is 11.4 Å². The van der Waals surface area contributed by atoms with Crippen LogP contribution in [0.15, 0.2) is 127 Å². The maximum atomic E-state index is 3.92. The number of benzene rings is 5. The van der Waals surface area contributed by atoms with E-state index in [1.54, 1.807) is 0 Å². The van der Waals surface area contributed by atoms with E-state index in [-0.39, 0.29) is 17.4 Å². The van der Waals surface area contributed by atoms with Crippen molar-refractivity contribution in [2.24, 2.45) is 0 Å². The molecule has 0 saturated carbocycles. The van der Waals surface area contributed by atoms with Crippen molar-refractivity contribution in [1.29, 1.82) is 0 Å². The molecule has 0 spiro atoms. The van der Waals surface area contributed by atoms with Crippen LogP contribution in [0.1, 0.15) is 35.2 Å². The molecule has 2 aliphatic rings. The molecule has 2 N–H and O–H groups in total. The summed E-state index contributed by atoms with van der Waals surface area (Å²) in [5.41, 5.74) is 11.0. The number of nitrogens with one attached hydrogen (secondary N) is 2. The lowest BCUT2D eigenvalue weighted by Gasteiger charge is -2.53. The molecule has 0 saturated heterocycles. The second kappa shape index (κ2) is 8.25. The zero-order valence-corrected chi connectivity index (χ0v) is 22.8. The van der Waals surface area contributed by atoms with E-state index in [1.807, 2.05) is 0 Å². The molecule has 3 heterocycles. The SMILES string of the molecule is CC1(c2ccccc2)c2ccc3c([nH]c4ccccc43)c2N(c2ccccc2)C2C=Cc3c([nH]c4ccccc34)C21. The van der Waals surface area contributed by atoms with Crippen molar-refractivity contribution in [3.8, 4) is 0 Å². The molecule has 3 unspecified atom stereocenters. The molecule has 2 aromatic heterocycles. The molecule has 1 aliphatic carbocycles. The molecule has 3 heteroatoms. The number of H-pyrrole nitrogens is 2. The summed E-state index contributed by atoms with van der Waals surface area (Å²) >= 11 is 0. The van der Waals surface area contributed by atoms with E-state index in [2.05, 4.69) is 155 Å². The Morgan fingerprint density at radius 3 is 2.07 bits per heavy atom. The predicted molar refractivity (Wildman–Crippen MR) is 171 cm³/mol. The first-order chi connectivity index (χ1) is 20.2. The molecule has 0 amide bonds. The standard InChI is InChI=1S/C38H29N3/c1-38(24-12-4-2-5-13-24)30-22-20-29-27-17-9-11-19-32(27)40-36(29)37(30)41(25-14-6-3-7-15-25)33-23-21-28-26-16-8-10-18-31(26)39-35(28)34(33)38/h2-23,33-34,39-40H,1H3. The first-order valence-electron chi connectivity index (χ1n) is 14.5. The zero-order chi connectivity index (χ0) is 27.1. The summed E-state index contributed by atoms with van der Waals surface area (Å²) in [6, 6.07) is 44.3. The van der Waals surface area contributed by atoms with Gasteiger partial charge in [-0.25, -0.2) is 0 Å². The van der Waals surface area contributed by atoms with E-state index >= 15 is 0 Å². The minimum atomic E-state index is -0.293. The maximum absolute atomic E-state index is 3.92. The molecule has 1 aliphatic heterocycles. The van der Waals surface area contributed by atoms with Crippen molar-refractivity contribution in [1.82, 2.24) is 9.97 Å². The first kappa shape index (κ1) is 22.8. The summed E-state index contributed by atoms with van der Waals surface area (Å²) in [5.74, 6) is 0.159. The Bertz CT molecular complexity index is 2130. The third-order valence-electron chi connectivity index (χ3n) is 9.67. The predicted octanol–water partition coefficient (Wildman–Crippen LogP) is 9.44. The number of fused-ring (bicyclic) bond motifs is 10. The first-order valence-corrected chi connectivity index (χ1v) is 14.5. The van der Waals surface area contributed by atoms with Crippen LogP contribution in [0.5, 0.6) is 0 Å². The smallest absolute Gasteiger partial charge is 0.0709 e. The number of hydrogen-bond donors (Lipinski definition) is 2. The quantitative estimate of drug-likeness (QED) is 0.231. The van der Waals surface area contributed by atoms with Gasteiger partial charge >= 0.3 is 0 Å². The van der Waals surface area contributed by atoms with Crippen molar-refractivity contribution in [3.63, 3.8) is 0 Å². The maximum Gasteiger partial charge on any atom is 0.0709 e. The molecule has 3 nitrogen and oxygen atoms in total. The van der Waals surface area contributed by atoms with Crippen LogP contribution in [0, 0.1) is 0 Å². The molecule has 9 rings (SSSR count). The molecular weight excluding hydrogens is 498 g/mol. The van der Waals surface area contributed by atoms with Crippen molar-refractivity contribution in [2.75, 3.05) is 4.90 Å². The molecule has 5 aromatic carbocycles. The van der Waals surface area contributed by atoms with E-state index in [1.165, 1.54) is 66.5 Å². The second-order valence-electron chi connectivity index (χ2n) is 11.7. The van der Waals surface area contributed by atoms with Gasteiger partial charge in [0.1, 0.15) is 0 Å². The van der Waals surface area contributed by atoms with E-state index in [0.29, 0.717) is 0 Å². The monoisotopic (exact) mass is 527 g/mol. The lowest BCUT2D eigenvalue weighted by Crippen LogP contribution is -2.51. The average molecular weight is 528 g/mol. The highest BCUT2D eigenvalue weighted by Gasteiger charge is 2.53. The number of anilines is 2. The Kier molecular flexibility index (Phi) is 4.58. The fourth-order valence-electron chi connectivity index (χ4n) is 7.85. The molecule has 0 radical (unpaired) electrons. The third kappa shape index (κ3) is 2.98. The number of hydrogen-bond acceptors (Lipinski definition) is 1. The van der Waals surface area contributed by atoms with Gasteiger partial charge in [-0.05, 0) is 35.4 Å². The third-order valence-corrected chi connectivity index (χ3v) is 9.67. The van der Waals surface area contributed by atoms with Crippen molar-refractivity contribution in [2.45, 2.75) is 24.3 Å². The van der Waals surface area contributed by atoms with E-state index in [9.17, 15) is 0 Å². The van der Waals surface area contributed by atoms with Gasteiger partial charge in [0.05, 0.1) is 17.2 Å². The van der Waals surface area contributed by atoms with Gasteiger partial charge < -0.3 is 14.9 Å². The van der Waals surface area contributed by atoms with Gasteiger partial charge in [-0.3, -0.25) is 0 Å². The van der Waals surface area contributed by atoms with Crippen molar-refractivity contribution < 1.29 is 0 Å². The van der Waals surface area contributed by atoms with Crippen LogP contribution >= 0.6 is 0 Å². The van der Waals surface area contributed by atoms with Gasteiger partial charge in [0.15, 0.2) is 0 Å². The van der Waals surface area contributed by atoms with Gasteiger partial charge in [-0.15, -0.1) is 0 Å². The van der Waals surface area contributed by atoms with Crippen molar-refractivity contribution in [3.05, 3.63) is 150 Å². The summed E-state index contributed by atoms with van der Waals surface area (Å²) in [4.78, 5) is 10.4. The van der Waals surface area contributed by atoms with Crippen LogP contribution in [0.2, 0.25) is 0 Å². The van der Waals surface area contributed by atoms with Crippen LogP contribution in [-0.4, -0.2) is 16.0 Å². The van der Waals surface area contributed by atoms with Crippen molar-refractivity contribution >= 4 is 50.2 Å². The number of nitrogens with zero attached hydrogens (tertiary/aromatic N) is 1. The van der Waals surface area contributed by atoms with E-state index in [0.717, 1.165) is 0 Å². The molecular formula is C38H29N3. The van der Waals surface area contributed by atoms with Gasteiger partial charge in [-0.2, -0.15) is 0 Å².